The van der Waals surface area contributed by atoms with Crippen molar-refractivity contribution in [1.29, 1.82) is 0 Å². The Labute approximate surface area is 120 Å². The summed E-state index contributed by atoms with van der Waals surface area (Å²) in [7, 11) is 0. The Kier molecular flexibility index (Phi) is 7.94. The Balaban J connectivity index is 2.10. The van der Waals surface area contributed by atoms with Gasteiger partial charge in [0.2, 0.25) is 0 Å². The van der Waals surface area contributed by atoms with E-state index >= 15 is 0 Å². The molecule has 1 rings (SSSR count). The molecule has 0 bridgehead atoms. The maximum absolute atomic E-state index is 9.79. The molecule has 1 aromatic rings. The lowest BCUT2D eigenvalue weighted by atomic mass is 10.2. The van der Waals surface area contributed by atoms with Gasteiger partial charge in [-0.05, 0) is 38.3 Å². The quantitative estimate of drug-likeness (QED) is 0.683. The topological polar surface area (TPSA) is 41.5 Å². The van der Waals surface area contributed by atoms with Crippen LogP contribution in [0, 0.1) is 6.92 Å². The molecule has 0 spiro atoms. The van der Waals surface area contributed by atoms with Gasteiger partial charge in [0.25, 0.3) is 0 Å². The lowest BCUT2D eigenvalue weighted by molar-refractivity contribution is 0.106. The van der Waals surface area contributed by atoms with Crippen molar-refractivity contribution in [3.05, 3.63) is 29.8 Å². The van der Waals surface area contributed by atoms with Crippen molar-refractivity contribution < 1.29 is 9.84 Å². The first-order chi connectivity index (χ1) is 9.11. The van der Waals surface area contributed by atoms with Crippen molar-refractivity contribution >= 4 is 11.8 Å². The summed E-state index contributed by atoms with van der Waals surface area (Å²) in [5.74, 6) is 0.806. The zero-order chi connectivity index (χ0) is 14.1. The Morgan fingerprint density at radius 1 is 1.32 bits per heavy atom. The number of hydrogen-bond donors (Lipinski definition) is 2. The highest BCUT2D eigenvalue weighted by atomic mass is 32.2. The molecule has 19 heavy (non-hydrogen) atoms. The summed E-state index contributed by atoms with van der Waals surface area (Å²) in [6.07, 6.45) is 2.77. The van der Waals surface area contributed by atoms with Gasteiger partial charge in [-0.2, -0.15) is 11.8 Å². The summed E-state index contributed by atoms with van der Waals surface area (Å²) < 4.78 is 5.53. The summed E-state index contributed by atoms with van der Waals surface area (Å²) in [6, 6.07) is 7.86. The number of benzene rings is 1. The van der Waals surface area contributed by atoms with Crippen LogP contribution in [0.1, 0.15) is 18.9 Å². The SMILES string of the molecule is CSC(C)CCNCC(O)COc1ccc(C)cc1. The van der Waals surface area contributed by atoms with E-state index in [1.54, 1.807) is 0 Å². The van der Waals surface area contributed by atoms with E-state index in [-0.39, 0.29) is 0 Å². The molecule has 108 valence electrons. The van der Waals surface area contributed by atoms with Crippen LogP contribution < -0.4 is 10.1 Å². The van der Waals surface area contributed by atoms with Crippen LogP contribution in [0.2, 0.25) is 0 Å². The Morgan fingerprint density at radius 3 is 2.63 bits per heavy atom. The van der Waals surface area contributed by atoms with Crippen LogP contribution in [-0.4, -0.2) is 42.4 Å². The van der Waals surface area contributed by atoms with Crippen molar-refractivity contribution in [3.8, 4) is 5.75 Å². The molecule has 0 amide bonds. The number of rotatable bonds is 9. The second kappa shape index (κ2) is 9.23. The molecule has 2 atom stereocenters. The molecule has 0 radical (unpaired) electrons. The zero-order valence-corrected chi connectivity index (χ0v) is 12.9. The first-order valence-electron chi connectivity index (χ1n) is 6.73. The minimum atomic E-state index is -0.467. The van der Waals surface area contributed by atoms with Gasteiger partial charge in [-0.25, -0.2) is 0 Å². The van der Waals surface area contributed by atoms with Crippen LogP contribution in [0.4, 0.5) is 0 Å². The molecular formula is C15H25NO2S. The van der Waals surface area contributed by atoms with Gasteiger partial charge in [0.05, 0.1) is 0 Å². The lowest BCUT2D eigenvalue weighted by Crippen LogP contribution is -2.32. The van der Waals surface area contributed by atoms with E-state index in [0.717, 1.165) is 18.7 Å². The van der Waals surface area contributed by atoms with E-state index in [0.29, 0.717) is 18.4 Å². The van der Waals surface area contributed by atoms with E-state index in [9.17, 15) is 5.11 Å². The van der Waals surface area contributed by atoms with Crippen LogP contribution in [0.25, 0.3) is 0 Å². The normalized spacial score (nSPS) is 14.1. The Bertz CT molecular complexity index is 343. The van der Waals surface area contributed by atoms with Crippen LogP contribution >= 0.6 is 11.8 Å². The maximum Gasteiger partial charge on any atom is 0.119 e. The Morgan fingerprint density at radius 2 is 2.00 bits per heavy atom. The fourth-order valence-electron chi connectivity index (χ4n) is 1.58. The average molecular weight is 283 g/mol. The zero-order valence-electron chi connectivity index (χ0n) is 12.1. The summed E-state index contributed by atoms with van der Waals surface area (Å²) in [6.45, 7) is 6.09. The van der Waals surface area contributed by atoms with E-state index in [1.807, 2.05) is 43.0 Å². The summed E-state index contributed by atoms with van der Waals surface area (Å²) in [5.41, 5.74) is 1.21. The van der Waals surface area contributed by atoms with E-state index in [1.165, 1.54) is 5.56 Å². The van der Waals surface area contributed by atoms with Crippen LogP contribution in [0.3, 0.4) is 0 Å². The first kappa shape index (κ1) is 16.3. The largest absolute Gasteiger partial charge is 0.491 e. The molecule has 2 N–H and O–H groups in total. The highest BCUT2D eigenvalue weighted by Gasteiger charge is 2.05. The smallest absolute Gasteiger partial charge is 0.119 e. The van der Waals surface area contributed by atoms with Crippen LogP contribution in [0.15, 0.2) is 24.3 Å². The number of thioether (sulfide) groups is 1. The highest BCUT2D eigenvalue weighted by Crippen LogP contribution is 2.11. The van der Waals surface area contributed by atoms with Crippen LogP contribution in [-0.2, 0) is 0 Å². The molecule has 0 aliphatic heterocycles. The van der Waals surface area contributed by atoms with Crippen molar-refractivity contribution in [2.45, 2.75) is 31.6 Å². The molecule has 4 heteroatoms. The second-order valence-electron chi connectivity index (χ2n) is 4.82. The van der Waals surface area contributed by atoms with Crippen molar-refractivity contribution in [1.82, 2.24) is 5.32 Å². The van der Waals surface area contributed by atoms with E-state index in [4.69, 9.17) is 4.74 Å². The van der Waals surface area contributed by atoms with Crippen LogP contribution in [0.5, 0.6) is 5.75 Å². The predicted octanol–water partition coefficient (Wildman–Crippen LogP) is 2.47. The molecule has 0 fully saturated rings. The van der Waals surface area contributed by atoms with Gasteiger partial charge in [0.1, 0.15) is 18.5 Å². The Hall–Kier alpha value is -0.710. The molecule has 2 unspecified atom stereocenters. The molecule has 0 heterocycles. The highest BCUT2D eigenvalue weighted by molar-refractivity contribution is 7.99. The molecule has 0 aromatic heterocycles. The summed E-state index contributed by atoms with van der Waals surface area (Å²) >= 11 is 1.87. The van der Waals surface area contributed by atoms with E-state index in [2.05, 4.69) is 18.5 Å². The molecule has 0 saturated carbocycles. The van der Waals surface area contributed by atoms with Gasteiger partial charge in [-0.15, -0.1) is 0 Å². The standard InChI is InChI=1S/C15H25NO2S/c1-12-4-6-15(7-5-12)18-11-14(17)10-16-9-8-13(2)19-3/h4-7,13-14,16-17H,8-11H2,1-3H3. The van der Waals surface area contributed by atoms with Gasteiger partial charge >= 0.3 is 0 Å². The third-order valence-corrected chi connectivity index (χ3v) is 4.01. The second-order valence-corrected chi connectivity index (χ2v) is 6.09. The number of ether oxygens (including phenoxy) is 1. The predicted molar refractivity (Wildman–Crippen MR) is 83.1 cm³/mol. The van der Waals surface area contributed by atoms with Crippen molar-refractivity contribution in [3.63, 3.8) is 0 Å². The monoisotopic (exact) mass is 283 g/mol. The molecule has 0 saturated heterocycles. The van der Waals surface area contributed by atoms with Gasteiger partial charge in [-0.1, -0.05) is 24.6 Å². The lowest BCUT2D eigenvalue weighted by Gasteiger charge is -2.14. The third-order valence-electron chi connectivity index (χ3n) is 2.97. The van der Waals surface area contributed by atoms with Crippen molar-refractivity contribution in [2.24, 2.45) is 0 Å². The van der Waals surface area contributed by atoms with Gasteiger partial charge in [-0.3, -0.25) is 0 Å². The average Bonchev–Trinajstić information content (AvgIpc) is 2.42. The minimum absolute atomic E-state index is 0.328. The number of aliphatic hydroxyl groups excluding tert-OH is 1. The van der Waals surface area contributed by atoms with Gasteiger partial charge in [0.15, 0.2) is 0 Å². The fourth-order valence-corrected chi connectivity index (χ4v) is 1.93. The number of hydrogen-bond acceptors (Lipinski definition) is 4. The van der Waals surface area contributed by atoms with E-state index < -0.39 is 6.10 Å². The number of aryl methyl sites for hydroxylation is 1. The number of nitrogens with one attached hydrogen (secondary N) is 1. The maximum atomic E-state index is 9.79. The summed E-state index contributed by atoms with van der Waals surface area (Å²) in [4.78, 5) is 0. The third kappa shape index (κ3) is 7.45. The molecular weight excluding hydrogens is 258 g/mol. The van der Waals surface area contributed by atoms with Gasteiger partial charge in [0, 0.05) is 11.8 Å². The fraction of sp³-hybridized carbons (Fsp3) is 0.600. The minimum Gasteiger partial charge on any atom is -0.491 e. The molecule has 1 aromatic carbocycles. The first-order valence-corrected chi connectivity index (χ1v) is 8.01. The molecule has 0 aliphatic rings. The number of aliphatic hydroxyl groups is 1. The van der Waals surface area contributed by atoms with Crippen molar-refractivity contribution in [2.75, 3.05) is 26.0 Å². The summed E-state index contributed by atoms with van der Waals surface area (Å²) in [5, 5.41) is 13.7. The molecule has 3 nitrogen and oxygen atoms in total. The molecule has 0 aliphatic carbocycles. The van der Waals surface area contributed by atoms with Gasteiger partial charge < -0.3 is 15.2 Å².